The predicted molar refractivity (Wildman–Crippen MR) is 101 cm³/mol. The number of rotatable bonds is 8. The Labute approximate surface area is 155 Å². The van der Waals surface area contributed by atoms with Crippen molar-refractivity contribution in [1.82, 2.24) is 15.5 Å². The maximum atomic E-state index is 11.1. The topological polar surface area (TPSA) is 105 Å². The van der Waals surface area contributed by atoms with Gasteiger partial charge in [0.2, 0.25) is 0 Å². The summed E-state index contributed by atoms with van der Waals surface area (Å²) in [4.78, 5) is 17.7. The second kappa shape index (κ2) is 10.2. The second-order valence-corrected chi connectivity index (χ2v) is 6.74. The summed E-state index contributed by atoms with van der Waals surface area (Å²) in [5.41, 5.74) is 5.19. The van der Waals surface area contributed by atoms with Gasteiger partial charge in [0.25, 0.3) is 5.91 Å². The molecular weight excluding hydrogens is 334 g/mol. The van der Waals surface area contributed by atoms with Crippen molar-refractivity contribution in [1.29, 1.82) is 0 Å². The van der Waals surface area contributed by atoms with Gasteiger partial charge in [0, 0.05) is 32.7 Å². The first-order valence-corrected chi connectivity index (χ1v) is 9.17. The first kappa shape index (κ1) is 20.3. The number of guanidine groups is 1. The van der Waals surface area contributed by atoms with E-state index in [9.17, 15) is 4.79 Å². The highest BCUT2D eigenvalue weighted by molar-refractivity contribution is 5.89. The summed E-state index contributed by atoms with van der Waals surface area (Å²) in [5.74, 6) is 0.966. The zero-order valence-electron chi connectivity index (χ0n) is 16.0. The molecule has 1 aliphatic heterocycles. The minimum atomic E-state index is -0.565. The van der Waals surface area contributed by atoms with Gasteiger partial charge in [-0.1, -0.05) is 0 Å². The number of furan rings is 1. The fraction of sp³-hybridized carbons (Fsp3) is 0.667. The van der Waals surface area contributed by atoms with Gasteiger partial charge in [0.1, 0.15) is 5.76 Å². The van der Waals surface area contributed by atoms with Crippen LogP contribution in [-0.2, 0) is 11.3 Å². The molecule has 0 atom stereocenters. The molecular formula is C18H31N5O3. The fourth-order valence-corrected chi connectivity index (χ4v) is 2.88. The number of primary amides is 1. The van der Waals surface area contributed by atoms with Gasteiger partial charge < -0.3 is 30.4 Å². The normalized spacial score (nSPS) is 16.8. The van der Waals surface area contributed by atoms with Crippen LogP contribution >= 0.6 is 0 Å². The van der Waals surface area contributed by atoms with Crippen molar-refractivity contribution >= 4 is 11.9 Å². The number of hydrogen-bond donors (Lipinski definition) is 3. The molecule has 2 rings (SSSR count). The van der Waals surface area contributed by atoms with Crippen molar-refractivity contribution in [3.63, 3.8) is 0 Å². The van der Waals surface area contributed by atoms with Crippen molar-refractivity contribution in [3.8, 4) is 0 Å². The van der Waals surface area contributed by atoms with Gasteiger partial charge in [-0.15, -0.1) is 0 Å². The molecule has 26 heavy (non-hydrogen) atoms. The second-order valence-electron chi connectivity index (χ2n) is 6.74. The van der Waals surface area contributed by atoms with Gasteiger partial charge in [-0.2, -0.15) is 0 Å². The molecule has 1 aromatic rings. The van der Waals surface area contributed by atoms with Crippen LogP contribution in [0.4, 0.5) is 0 Å². The van der Waals surface area contributed by atoms with Crippen molar-refractivity contribution in [2.24, 2.45) is 10.7 Å². The minimum absolute atomic E-state index is 0.165. The first-order valence-electron chi connectivity index (χ1n) is 9.17. The van der Waals surface area contributed by atoms with E-state index in [2.05, 4.69) is 34.4 Å². The molecule has 4 N–H and O–H groups in total. The van der Waals surface area contributed by atoms with Crippen molar-refractivity contribution < 1.29 is 13.9 Å². The monoisotopic (exact) mass is 365 g/mol. The lowest BCUT2D eigenvalue weighted by Gasteiger charge is -2.33. The number of carbonyl (C=O) groups excluding carboxylic acids is 1. The van der Waals surface area contributed by atoms with Crippen LogP contribution in [0.15, 0.2) is 21.5 Å². The highest BCUT2D eigenvalue weighted by atomic mass is 16.5. The van der Waals surface area contributed by atoms with Gasteiger partial charge in [-0.3, -0.25) is 9.79 Å². The van der Waals surface area contributed by atoms with Gasteiger partial charge in [-0.25, -0.2) is 0 Å². The molecule has 1 amide bonds. The van der Waals surface area contributed by atoms with Crippen molar-refractivity contribution in [2.45, 2.75) is 45.4 Å². The van der Waals surface area contributed by atoms with Crippen LogP contribution in [0.3, 0.4) is 0 Å². The molecule has 1 aromatic heterocycles. The van der Waals surface area contributed by atoms with Crippen LogP contribution in [0, 0.1) is 0 Å². The van der Waals surface area contributed by atoms with E-state index in [-0.39, 0.29) is 11.9 Å². The smallest absolute Gasteiger partial charge is 0.284 e. The number of nitrogens with one attached hydrogen (secondary N) is 2. The molecule has 0 bridgehead atoms. The zero-order valence-corrected chi connectivity index (χ0v) is 16.0. The summed E-state index contributed by atoms with van der Waals surface area (Å²) in [6.45, 7) is 8.44. The Kier molecular flexibility index (Phi) is 7.93. The average Bonchev–Trinajstić information content (AvgIpc) is 3.09. The van der Waals surface area contributed by atoms with Crippen LogP contribution in [-0.4, -0.2) is 62.2 Å². The van der Waals surface area contributed by atoms with Gasteiger partial charge in [-0.05, 0) is 38.8 Å². The number of nitrogens with two attached hydrogens (primary N) is 1. The Bertz CT molecular complexity index is 591. The molecule has 0 spiro atoms. The molecule has 1 aliphatic rings. The summed E-state index contributed by atoms with van der Waals surface area (Å²) >= 11 is 0. The van der Waals surface area contributed by atoms with E-state index in [1.165, 1.54) is 0 Å². The molecule has 1 saturated heterocycles. The van der Waals surface area contributed by atoms with Crippen LogP contribution < -0.4 is 16.4 Å². The highest BCUT2D eigenvalue weighted by Crippen LogP contribution is 2.10. The molecule has 0 aliphatic carbocycles. The van der Waals surface area contributed by atoms with Crippen LogP contribution in [0.25, 0.3) is 0 Å². The number of aliphatic imine (C=N–C) groups is 1. The average molecular weight is 365 g/mol. The largest absolute Gasteiger partial charge is 0.454 e. The molecule has 146 valence electrons. The van der Waals surface area contributed by atoms with E-state index in [1.807, 2.05) is 0 Å². The quantitative estimate of drug-likeness (QED) is 0.468. The fourth-order valence-electron chi connectivity index (χ4n) is 2.88. The summed E-state index contributed by atoms with van der Waals surface area (Å²) < 4.78 is 11.0. The number of ether oxygens (including phenoxy) is 1. The lowest BCUT2D eigenvalue weighted by atomic mass is 10.1. The Morgan fingerprint density at radius 2 is 2.15 bits per heavy atom. The lowest BCUT2D eigenvalue weighted by molar-refractivity contribution is 0.0532. The predicted octanol–water partition coefficient (Wildman–Crippen LogP) is 0.933. The number of amides is 1. The molecule has 0 aromatic carbocycles. The van der Waals surface area contributed by atoms with E-state index in [0.29, 0.717) is 18.3 Å². The summed E-state index contributed by atoms with van der Waals surface area (Å²) in [6.07, 6.45) is 2.42. The van der Waals surface area contributed by atoms with Gasteiger partial charge in [0.15, 0.2) is 11.7 Å². The Morgan fingerprint density at radius 3 is 2.73 bits per heavy atom. The number of carbonyl (C=O) groups is 1. The third kappa shape index (κ3) is 6.68. The number of piperidine rings is 1. The Morgan fingerprint density at radius 1 is 1.42 bits per heavy atom. The van der Waals surface area contributed by atoms with Crippen LogP contribution in [0.2, 0.25) is 0 Å². The number of hydrogen-bond acceptors (Lipinski definition) is 5. The number of likely N-dealkylation sites (tertiary alicyclic amines) is 1. The summed E-state index contributed by atoms with van der Waals surface area (Å²) in [7, 11) is 1.74. The molecule has 0 saturated carbocycles. The van der Waals surface area contributed by atoms with Crippen molar-refractivity contribution in [3.05, 3.63) is 23.7 Å². The highest BCUT2D eigenvalue weighted by Gasteiger charge is 2.20. The van der Waals surface area contributed by atoms with E-state index in [4.69, 9.17) is 14.9 Å². The standard InChI is InChI=1S/C18H31N5O3/c1-13(2)25-11-10-23-8-6-14(7-9-23)22-18(20-3)21-12-15-4-5-16(26-15)17(19)24/h4-5,13-14H,6-12H2,1-3H3,(H2,19,24)(H2,20,21,22). The third-order valence-electron chi connectivity index (χ3n) is 4.35. The molecule has 8 nitrogen and oxygen atoms in total. The van der Waals surface area contributed by atoms with E-state index in [0.717, 1.165) is 45.0 Å². The van der Waals surface area contributed by atoms with E-state index >= 15 is 0 Å². The Hall–Kier alpha value is -2.06. The maximum Gasteiger partial charge on any atom is 0.284 e. The number of nitrogens with zero attached hydrogens (tertiary/aromatic N) is 2. The van der Waals surface area contributed by atoms with E-state index < -0.39 is 5.91 Å². The summed E-state index contributed by atoms with van der Waals surface area (Å²) in [6, 6.07) is 3.70. The van der Waals surface area contributed by atoms with E-state index in [1.54, 1.807) is 19.2 Å². The zero-order chi connectivity index (χ0) is 18.9. The molecule has 1 fully saturated rings. The van der Waals surface area contributed by atoms with Gasteiger partial charge >= 0.3 is 0 Å². The van der Waals surface area contributed by atoms with Gasteiger partial charge in [0.05, 0.1) is 19.3 Å². The molecule has 2 heterocycles. The first-order chi connectivity index (χ1) is 12.5. The molecule has 0 unspecified atom stereocenters. The third-order valence-corrected chi connectivity index (χ3v) is 4.35. The lowest BCUT2D eigenvalue weighted by Crippen LogP contribution is -2.48. The molecule has 8 heteroatoms. The minimum Gasteiger partial charge on any atom is -0.454 e. The van der Waals surface area contributed by atoms with Crippen molar-refractivity contribution in [2.75, 3.05) is 33.3 Å². The van der Waals surface area contributed by atoms with Crippen LogP contribution in [0.5, 0.6) is 0 Å². The van der Waals surface area contributed by atoms with Crippen LogP contribution in [0.1, 0.15) is 43.0 Å². The summed E-state index contributed by atoms with van der Waals surface area (Å²) in [5, 5.41) is 6.65. The Balaban J connectivity index is 1.69. The molecule has 0 radical (unpaired) electrons. The SMILES string of the molecule is CN=C(NCc1ccc(C(N)=O)o1)NC1CCN(CCOC(C)C)CC1. The maximum absolute atomic E-state index is 11.1.